The van der Waals surface area contributed by atoms with Crippen molar-refractivity contribution in [1.29, 1.82) is 0 Å². The van der Waals surface area contributed by atoms with Gasteiger partial charge in [-0.3, -0.25) is 4.98 Å². The van der Waals surface area contributed by atoms with Crippen LogP contribution in [-0.2, 0) is 6.42 Å². The van der Waals surface area contributed by atoms with Crippen molar-refractivity contribution < 1.29 is 0 Å². The molecule has 1 aromatic rings. The summed E-state index contributed by atoms with van der Waals surface area (Å²) in [5.41, 5.74) is 1.25. The molecule has 5 rings (SSSR count). The maximum atomic E-state index is 4.54. The zero-order valence-corrected chi connectivity index (χ0v) is 12.5. The van der Waals surface area contributed by atoms with E-state index in [2.05, 4.69) is 29.5 Å². The zero-order valence-electron chi connectivity index (χ0n) is 12.5. The van der Waals surface area contributed by atoms with Crippen LogP contribution in [0.5, 0.6) is 0 Å². The van der Waals surface area contributed by atoms with Gasteiger partial charge in [-0.05, 0) is 80.9 Å². The van der Waals surface area contributed by atoms with Gasteiger partial charge in [0, 0.05) is 24.4 Å². The number of likely N-dealkylation sites (N-methyl/N-ethyl adjacent to an activating group) is 1. The molecule has 0 aliphatic heterocycles. The highest BCUT2D eigenvalue weighted by Crippen LogP contribution is 2.57. The van der Waals surface area contributed by atoms with E-state index in [0.29, 0.717) is 6.04 Å². The number of pyridine rings is 1. The molecule has 4 fully saturated rings. The minimum atomic E-state index is 0.625. The summed E-state index contributed by atoms with van der Waals surface area (Å²) in [6, 6.07) is 6.94. The maximum absolute atomic E-state index is 4.54. The van der Waals surface area contributed by atoms with Crippen LogP contribution in [0.1, 0.15) is 37.8 Å². The van der Waals surface area contributed by atoms with Crippen molar-refractivity contribution in [2.24, 2.45) is 29.6 Å². The maximum Gasteiger partial charge on any atom is 0.0419 e. The number of nitrogens with zero attached hydrogens (tertiary/aromatic N) is 1. The van der Waals surface area contributed by atoms with Crippen LogP contribution in [0.25, 0.3) is 0 Å². The van der Waals surface area contributed by atoms with Crippen molar-refractivity contribution in [3.8, 4) is 0 Å². The Morgan fingerprint density at radius 3 is 2.35 bits per heavy atom. The lowest BCUT2D eigenvalue weighted by Gasteiger charge is -2.56. The Kier molecular flexibility index (Phi) is 3.30. The summed E-state index contributed by atoms with van der Waals surface area (Å²) in [4.78, 5) is 4.54. The lowest BCUT2D eigenvalue weighted by molar-refractivity contribution is -0.0508. The topological polar surface area (TPSA) is 24.9 Å². The van der Waals surface area contributed by atoms with E-state index in [1.165, 1.54) is 31.4 Å². The second-order valence-corrected chi connectivity index (χ2v) is 7.43. The highest BCUT2D eigenvalue weighted by atomic mass is 14.9. The molecule has 4 saturated carbocycles. The average Bonchev–Trinajstić information content (AvgIpc) is 2.46. The monoisotopic (exact) mass is 270 g/mol. The molecule has 1 unspecified atom stereocenters. The van der Waals surface area contributed by atoms with E-state index in [-0.39, 0.29) is 0 Å². The molecule has 0 aromatic carbocycles. The molecule has 1 atom stereocenters. The SMILES string of the molecule is CNC(Cc1ccccn1)C1C2CC3CC(C2)CC1C3. The molecule has 1 heterocycles. The van der Waals surface area contributed by atoms with Gasteiger partial charge in [-0.1, -0.05) is 6.07 Å². The molecule has 2 heteroatoms. The Balaban J connectivity index is 1.53. The molecule has 4 aliphatic rings. The number of hydrogen-bond acceptors (Lipinski definition) is 2. The molecule has 4 bridgehead atoms. The van der Waals surface area contributed by atoms with Crippen LogP contribution in [0.3, 0.4) is 0 Å². The van der Waals surface area contributed by atoms with Crippen LogP contribution in [0.2, 0.25) is 0 Å². The van der Waals surface area contributed by atoms with E-state index in [4.69, 9.17) is 0 Å². The third kappa shape index (κ3) is 2.18. The van der Waals surface area contributed by atoms with E-state index < -0.39 is 0 Å². The Labute approximate surface area is 122 Å². The molecule has 0 amide bonds. The van der Waals surface area contributed by atoms with E-state index in [1.54, 1.807) is 6.42 Å². The summed E-state index contributed by atoms with van der Waals surface area (Å²) in [6.07, 6.45) is 10.6. The second kappa shape index (κ2) is 5.14. The summed E-state index contributed by atoms with van der Waals surface area (Å²) >= 11 is 0. The number of hydrogen-bond donors (Lipinski definition) is 1. The van der Waals surface area contributed by atoms with E-state index in [1.807, 2.05) is 12.3 Å². The van der Waals surface area contributed by atoms with Gasteiger partial charge in [-0.25, -0.2) is 0 Å². The van der Waals surface area contributed by atoms with Gasteiger partial charge in [0.05, 0.1) is 0 Å². The number of nitrogens with one attached hydrogen (secondary N) is 1. The summed E-state index contributed by atoms with van der Waals surface area (Å²) in [7, 11) is 2.15. The fourth-order valence-electron chi connectivity index (χ4n) is 5.80. The van der Waals surface area contributed by atoms with E-state index in [9.17, 15) is 0 Å². The minimum Gasteiger partial charge on any atom is -0.316 e. The van der Waals surface area contributed by atoms with Crippen molar-refractivity contribution in [1.82, 2.24) is 10.3 Å². The van der Waals surface area contributed by atoms with Crippen LogP contribution in [0, 0.1) is 29.6 Å². The summed E-state index contributed by atoms with van der Waals surface area (Å²) in [6.45, 7) is 0. The predicted molar refractivity (Wildman–Crippen MR) is 81.3 cm³/mol. The second-order valence-electron chi connectivity index (χ2n) is 7.43. The van der Waals surface area contributed by atoms with Gasteiger partial charge in [-0.15, -0.1) is 0 Å². The predicted octanol–water partition coefficient (Wildman–Crippen LogP) is 3.28. The lowest BCUT2D eigenvalue weighted by atomic mass is 9.50. The van der Waals surface area contributed by atoms with Gasteiger partial charge in [-0.2, -0.15) is 0 Å². The standard InChI is InChI=1S/C18H26N2/c1-19-17(11-16-4-2-3-5-20-16)18-14-7-12-6-13(9-14)10-15(18)8-12/h2-5,12-15,17-19H,6-11H2,1H3. The third-order valence-electron chi connectivity index (χ3n) is 6.29. The van der Waals surface area contributed by atoms with Crippen molar-refractivity contribution in [3.05, 3.63) is 30.1 Å². The summed E-state index contributed by atoms with van der Waals surface area (Å²) < 4.78 is 0. The van der Waals surface area contributed by atoms with Gasteiger partial charge >= 0.3 is 0 Å². The first kappa shape index (κ1) is 12.8. The molecule has 0 saturated heterocycles. The molecular weight excluding hydrogens is 244 g/mol. The van der Waals surface area contributed by atoms with E-state index >= 15 is 0 Å². The highest BCUT2D eigenvalue weighted by molar-refractivity contribution is 5.08. The molecule has 0 spiro atoms. The molecule has 2 nitrogen and oxygen atoms in total. The summed E-state index contributed by atoms with van der Waals surface area (Å²) in [5, 5.41) is 3.64. The van der Waals surface area contributed by atoms with Crippen LogP contribution in [0.15, 0.2) is 24.4 Å². The Hall–Kier alpha value is -0.890. The van der Waals surface area contributed by atoms with E-state index in [0.717, 1.165) is 36.0 Å². The van der Waals surface area contributed by atoms with Crippen LogP contribution >= 0.6 is 0 Å². The van der Waals surface area contributed by atoms with Crippen molar-refractivity contribution in [2.45, 2.75) is 44.6 Å². The highest BCUT2D eigenvalue weighted by Gasteiger charge is 2.50. The van der Waals surface area contributed by atoms with Gasteiger partial charge < -0.3 is 5.32 Å². The molecule has 108 valence electrons. The number of aromatic nitrogens is 1. The van der Waals surface area contributed by atoms with Crippen LogP contribution in [0.4, 0.5) is 0 Å². The Morgan fingerprint density at radius 2 is 1.80 bits per heavy atom. The third-order valence-corrected chi connectivity index (χ3v) is 6.29. The largest absolute Gasteiger partial charge is 0.316 e. The van der Waals surface area contributed by atoms with Gasteiger partial charge in [0.1, 0.15) is 0 Å². The Bertz CT molecular complexity index is 428. The van der Waals surface area contributed by atoms with Crippen molar-refractivity contribution in [2.75, 3.05) is 7.05 Å². The minimum absolute atomic E-state index is 0.625. The molecule has 1 aromatic heterocycles. The quantitative estimate of drug-likeness (QED) is 0.908. The average molecular weight is 270 g/mol. The fraction of sp³-hybridized carbons (Fsp3) is 0.722. The van der Waals surface area contributed by atoms with Crippen molar-refractivity contribution in [3.63, 3.8) is 0 Å². The van der Waals surface area contributed by atoms with Gasteiger partial charge in [0.25, 0.3) is 0 Å². The normalized spacial score (nSPS) is 40.0. The van der Waals surface area contributed by atoms with Crippen LogP contribution < -0.4 is 5.32 Å². The van der Waals surface area contributed by atoms with Crippen LogP contribution in [-0.4, -0.2) is 18.1 Å². The zero-order chi connectivity index (χ0) is 13.5. The molecule has 4 aliphatic carbocycles. The molecule has 1 N–H and O–H groups in total. The molecule has 20 heavy (non-hydrogen) atoms. The van der Waals surface area contributed by atoms with Gasteiger partial charge in [0.2, 0.25) is 0 Å². The fourth-order valence-corrected chi connectivity index (χ4v) is 5.80. The summed E-state index contributed by atoms with van der Waals surface area (Å²) in [5.74, 6) is 5.02. The smallest absolute Gasteiger partial charge is 0.0419 e. The lowest BCUT2D eigenvalue weighted by Crippen LogP contribution is -2.53. The molecule has 0 radical (unpaired) electrons. The number of rotatable bonds is 4. The van der Waals surface area contributed by atoms with Crippen molar-refractivity contribution >= 4 is 0 Å². The first-order valence-electron chi connectivity index (χ1n) is 8.40. The van der Waals surface area contributed by atoms with Gasteiger partial charge in [0.15, 0.2) is 0 Å². The molecular formula is C18H26N2. The first-order chi connectivity index (χ1) is 9.83. The first-order valence-corrected chi connectivity index (χ1v) is 8.40. The Morgan fingerprint density at radius 1 is 1.10 bits per heavy atom.